The number of rotatable bonds is 4. The van der Waals surface area contributed by atoms with Crippen molar-refractivity contribution in [2.45, 2.75) is 25.6 Å². The van der Waals surface area contributed by atoms with E-state index in [1.54, 1.807) is 0 Å². The summed E-state index contributed by atoms with van der Waals surface area (Å²) >= 11 is 0. The number of hydrogen-bond donors (Lipinski definition) is 2. The number of hydrogen-bond acceptors (Lipinski definition) is 3. The first kappa shape index (κ1) is 16.8. The summed E-state index contributed by atoms with van der Waals surface area (Å²) in [6.45, 7) is 7.15. The number of alkyl halides is 3. The number of nitrogens with one attached hydrogen (secondary N) is 2. The summed E-state index contributed by atoms with van der Waals surface area (Å²) in [5.74, 6) is -0.539. The predicted molar refractivity (Wildman–Crippen MR) is 74.6 cm³/mol. The van der Waals surface area contributed by atoms with Crippen LogP contribution in [0.15, 0.2) is 12.1 Å². The number of halogens is 3. The normalized spacial score (nSPS) is 19.1. The minimum atomic E-state index is -4.47. The maximum Gasteiger partial charge on any atom is 0.431 e. The van der Waals surface area contributed by atoms with Crippen molar-refractivity contribution in [1.29, 1.82) is 0 Å². The third-order valence-electron chi connectivity index (χ3n) is 3.45. The first-order chi connectivity index (χ1) is 10.2. The number of ether oxygens (including phenoxy) is 1. The molecule has 2 heterocycles. The second kappa shape index (κ2) is 6.29. The summed E-state index contributed by atoms with van der Waals surface area (Å²) in [6.07, 6.45) is -4.47. The van der Waals surface area contributed by atoms with Gasteiger partial charge >= 0.3 is 6.18 Å². The quantitative estimate of drug-likeness (QED) is 0.891. The fraction of sp³-hybridized carbons (Fsp3) is 0.643. The van der Waals surface area contributed by atoms with Crippen LogP contribution in [0.4, 0.5) is 13.2 Å². The average molecular weight is 319 g/mol. The second-order valence-corrected chi connectivity index (χ2v) is 5.92. The van der Waals surface area contributed by atoms with E-state index in [9.17, 15) is 18.0 Å². The molecule has 1 saturated heterocycles. The van der Waals surface area contributed by atoms with Gasteiger partial charge in [0.25, 0.3) is 5.91 Å². The number of aromatic nitrogens is 1. The highest BCUT2D eigenvalue weighted by atomic mass is 19.4. The van der Waals surface area contributed by atoms with Gasteiger partial charge in [-0.3, -0.25) is 9.69 Å². The Morgan fingerprint density at radius 1 is 1.45 bits per heavy atom. The second-order valence-electron chi connectivity index (χ2n) is 5.92. The number of carbonyl (C=O) groups excluding carboxylic acids is 1. The average Bonchev–Trinajstić information content (AvgIpc) is 2.86. The lowest BCUT2D eigenvalue weighted by molar-refractivity contribution is -0.140. The van der Waals surface area contributed by atoms with Crippen molar-refractivity contribution >= 4 is 5.91 Å². The standard InChI is InChI=1S/C14H20F3N3O2/c1-13(2)9-20(7-8-22-13)6-5-18-12(21)10-3-4-11(19-10)14(15,16)17/h3-4,19H,5-9H2,1-2H3,(H,18,21). The largest absolute Gasteiger partial charge is 0.431 e. The molecular weight excluding hydrogens is 299 g/mol. The maximum atomic E-state index is 12.5. The zero-order chi connectivity index (χ0) is 16.4. The molecule has 8 heteroatoms. The third-order valence-corrected chi connectivity index (χ3v) is 3.45. The first-order valence-electron chi connectivity index (χ1n) is 7.08. The highest BCUT2D eigenvalue weighted by Crippen LogP contribution is 2.28. The van der Waals surface area contributed by atoms with Gasteiger partial charge in [0.1, 0.15) is 11.4 Å². The number of H-pyrrole nitrogens is 1. The number of nitrogens with zero attached hydrogens (tertiary/aromatic N) is 1. The predicted octanol–water partition coefficient (Wildman–Crippen LogP) is 1.87. The fourth-order valence-electron chi connectivity index (χ4n) is 2.42. The molecule has 1 fully saturated rings. The molecule has 2 N–H and O–H groups in total. The molecule has 0 spiro atoms. The number of carbonyl (C=O) groups is 1. The van der Waals surface area contributed by atoms with Crippen molar-refractivity contribution < 1.29 is 22.7 Å². The van der Waals surface area contributed by atoms with E-state index in [1.807, 2.05) is 13.8 Å². The molecule has 1 amide bonds. The molecule has 1 aromatic heterocycles. The summed E-state index contributed by atoms with van der Waals surface area (Å²) in [5, 5.41) is 2.62. The Bertz CT molecular complexity index is 526. The van der Waals surface area contributed by atoms with Crippen LogP contribution in [0.1, 0.15) is 30.0 Å². The van der Waals surface area contributed by atoms with Crippen molar-refractivity contribution in [3.05, 3.63) is 23.5 Å². The molecule has 0 bridgehead atoms. The van der Waals surface area contributed by atoms with Gasteiger partial charge in [-0.15, -0.1) is 0 Å². The molecule has 0 radical (unpaired) electrons. The summed E-state index contributed by atoms with van der Waals surface area (Å²) in [4.78, 5) is 16.0. The van der Waals surface area contributed by atoms with Crippen LogP contribution in [0.2, 0.25) is 0 Å². The van der Waals surface area contributed by atoms with E-state index in [4.69, 9.17) is 4.74 Å². The van der Waals surface area contributed by atoms with Gasteiger partial charge in [-0.1, -0.05) is 0 Å². The van der Waals surface area contributed by atoms with E-state index in [1.165, 1.54) is 0 Å². The number of amides is 1. The Hall–Kier alpha value is -1.54. The van der Waals surface area contributed by atoms with Gasteiger partial charge in [-0.2, -0.15) is 13.2 Å². The van der Waals surface area contributed by atoms with Crippen LogP contribution in [0.3, 0.4) is 0 Å². The topological polar surface area (TPSA) is 57.4 Å². The van der Waals surface area contributed by atoms with Crippen LogP contribution in [-0.2, 0) is 10.9 Å². The lowest BCUT2D eigenvalue weighted by atomic mass is 10.1. The third kappa shape index (κ3) is 4.48. The van der Waals surface area contributed by atoms with Gasteiger partial charge in [0.2, 0.25) is 0 Å². The van der Waals surface area contributed by atoms with Crippen molar-refractivity contribution in [3.63, 3.8) is 0 Å². The molecule has 1 aliphatic heterocycles. The molecular formula is C14H20F3N3O2. The van der Waals surface area contributed by atoms with Gasteiger partial charge in [0.05, 0.1) is 12.2 Å². The SMILES string of the molecule is CC1(C)CN(CCNC(=O)c2ccc(C(F)(F)F)[nH]2)CCO1. The molecule has 0 aromatic carbocycles. The lowest BCUT2D eigenvalue weighted by Gasteiger charge is -2.38. The van der Waals surface area contributed by atoms with Crippen molar-refractivity contribution in [1.82, 2.24) is 15.2 Å². The van der Waals surface area contributed by atoms with E-state index in [-0.39, 0.29) is 11.3 Å². The van der Waals surface area contributed by atoms with Gasteiger partial charge in [0.15, 0.2) is 0 Å². The molecule has 0 aliphatic carbocycles. The van der Waals surface area contributed by atoms with E-state index in [0.717, 1.165) is 25.2 Å². The van der Waals surface area contributed by atoms with Gasteiger partial charge in [0, 0.05) is 26.2 Å². The molecule has 0 unspecified atom stereocenters. The number of morpholine rings is 1. The minimum absolute atomic E-state index is 0.0883. The first-order valence-corrected chi connectivity index (χ1v) is 7.08. The van der Waals surface area contributed by atoms with Crippen molar-refractivity contribution in [3.8, 4) is 0 Å². The monoisotopic (exact) mass is 319 g/mol. The van der Waals surface area contributed by atoms with Gasteiger partial charge in [-0.05, 0) is 26.0 Å². The van der Waals surface area contributed by atoms with Crippen LogP contribution in [0, 0.1) is 0 Å². The van der Waals surface area contributed by atoms with E-state index >= 15 is 0 Å². The van der Waals surface area contributed by atoms with Gasteiger partial charge < -0.3 is 15.0 Å². The number of aromatic amines is 1. The Kier molecular flexibility index (Phi) is 4.81. The summed E-state index contributed by atoms with van der Waals surface area (Å²) in [6, 6.07) is 2.00. The molecule has 2 rings (SSSR count). The minimum Gasteiger partial charge on any atom is -0.373 e. The molecule has 1 aromatic rings. The molecule has 1 aliphatic rings. The Labute approximate surface area is 126 Å². The molecule has 22 heavy (non-hydrogen) atoms. The Morgan fingerprint density at radius 2 is 2.18 bits per heavy atom. The smallest absolute Gasteiger partial charge is 0.373 e. The van der Waals surface area contributed by atoms with E-state index < -0.39 is 17.8 Å². The summed E-state index contributed by atoms with van der Waals surface area (Å²) < 4.78 is 42.9. The fourth-order valence-corrected chi connectivity index (χ4v) is 2.42. The zero-order valence-electron chi connectivity index (χ0n) is 12.6. The van der Waals surface area contributed by atoms with E-state index in [2.05, 4.69) is 15.2 Å². The van der Waals surface area contributed by atoms with Crippen LogP contribution in [-0.4, -0.2) is 54.2 Å². The molecule has 5 nitrogen and oxygen atoms in total. The highest BCUT2D eigenvalue weighted by Gasteiger charge is 2.32. The molecule has 124 valence electrons. The lowest BCUT2D eigenvalue weighted by Crippen LogP contribution is -2.50. The Balaban J connectivity index is 1.79. The van der Waals surface area contributed by atoms with Crippen molar-refractivity contribution in [2.24, 2.45) is 0 Å². The highest BCUT2D eigenvalue weighted by molar-refractivity contribution is 5.92. The van der Waals surface area contributed by atoms with Crippen LogP contribution >= 0.6 is 0 Å². The van der Waals surface area contributed by atoms with Gasteiger partial charge in [-0.25, -0.2) is 0 Å². The van der Waals surface area contributed by atoms with Crippen LogP contribution in [0.5, 0.6) is 0 Å². The van der Waals surface area contributed by atoms with E-state index in [0.29, 0.717) is 19.7 Å². The molecule has 0 atom stereocenters. The molecule has 0 saturated carbocycles. The Morgan fingerprint density at radius 3 is 2.77 bits per heavy atom. The summed E-state index contributed by atoms with van der Waals surface area (Å²) in [5.41, 5.74) is -1.23. The van der Waals surface area contributed by atoms with Crippen LogP contribution < -0.4 is 5.32 Å². The summed E-state index contributed by atoms with van der Waals surface area (Å²) in [7, 11) is 0. The zero-order valence-corrected chi connectivity index (χ0v) is 12.6. The van der Waals surface area contributed by atoms with Crippen LogP contribution in [0.25, 0.3) is 0 Å². The van der Waals surface area contributed by atoms with Crippen molar-refractivity contribution in [2.75, 3.05) is 32.8 Å². The maximum absolute atomic E-state index is 12.5.